The molecule has 2 aliphatic rings. The molecule has 2 aliphatic heterocycles. The van der Waals surface area contributed by atoms with E-state index in [1.807, 2.05) is 4.90 Å². The third kappa shape index (κ3) is 2.10. The molecule has 2 atom stereocenters. The Labute approximate surface area is 95.9 Å². The first-order chi connectivity index (χ1) is 6.89. The van der Waals surface area contributed by atoms with Gasteiger partial charge < -0.3 is 10.2 Å². The van der Waals surface area contributed by atoms with E-state index < -0.39 is 9.84 Å². The molecule has 0 radical (unpaired) electrons. The van der Waals surface area contributed by atoms with Gasteiger partial charge in [-0.15, -0.1) is 0 Å². The van der Waals surface area contributed by atoms with Crippen LogP contribution in [0.1, 0.15) is 13.8 Å². The average molecular weight is 248 g/mol. The molecule has 0 aromatic rings. The summed E-state index contributed by atoms with van der Waals surface area (Å²) in [5.74, 6) is 0.969. The summed E-state index contributed by atoms with van der Waals surface area (Å²) >= 11 is 5.21. The van der Waals surface area contributed by atoms with Crippen LogP contribution in [0.15, 0.2) is 0 Å². The molecule has 15 heavy (non-hydrogen) atoms. The van der Waals surface area contributed by atoms with Gasteiger partial charge in [-0.05, 0) is 18.1 Å². The molecule has 0 bridgehead atoms. The zero-order valence-corrected chi connectivity index (χ0v) is 10.6. The zero-order valence-electron chi connectivity index (χ0n) is 8.93. The van der Waals surface area contributed by atoms with Crippen molar-refractivity contribution in [3.63, 3.8) is 0 Å². The number of rotatable bonds is 2. The van der Waals surface area contributed by atoms with Gasteiger partial charge in [-0.1, -0.05) is 13.8 Å². The van der Waals surface area contributed by atoms with E-state index in [4.69, 9.17) is 12.2 Å². The monoisotopic (exact) mass is 248 g/mol. The Balaban J connectivity index is 2.15. The summed E-state index contributed by atoms with van der Waals surface area (Å²) in [7, 11) is -2.86. The van der Waals surface area contributed by atoms with E-state index in [0.717, 1.165) is 6.54 Å². The van der Waals surface area contributed by atoms with Crippen LogP contribution in [0, 0.1) is 5.92 Å². The average Bonchev–Trinajstić information content (AvgIpc) is 2.47. The summed E-state index contributed by atoms with van der Waals surface area (Å²) in [6.45, 7) is 5.06. The number of fused-ring (bicyclic) bond motifs is 1. The van der Waals surface area contributed by atoms with Crippen LogP contribution in [0.4, 0.5) is 0 Å². The van der Waals surface area contributed by atoms with Crippen LogP contribution in [0.5, 0.6) is 0 Å². The SMILES string of the molecule is CC(C)CN1C(=S)N[C@@H]2CS(=O)(=O)C[C@H]21. The molecular formula is C9H16N2O2S2. The second-order valence-electron chi connectivity index (χ2n) is 4.75. The highest BCUT2D eigenvalue weighted by Gasteiger charge is 2.46. The van der Waals surface area contributed by atoms with Crippen molar-refractivity contribution in [1.29, 1.82) is 0 Å². The largest absolute Gasteiger partial charge is 0.357 e. The molecule has 6 heteroatoms. The first-order valence-electron chi connectivity index (χ1n) is 5.16. The number of thiocarbonyl (C=S) groups is 1. The van der Waals surface area contributed by atoms with Crippen molar-refractivity contribution in [1.82, 2.24) is 10.2 Å². The fraction of sp³-hybridized carbons (Fsp3) is 0.889. The van der Waals surface area contributed by atoms with E-state index >= 15 is 0 Å². The van der Waals surface area contributed by atoms with E-state index in [1.165, 1.54) is 0 Å². The third-order valence-electron chi connectivity index (χ3n) is 2.85. The van der Waals surface area contributed by atoms with E-state index in [0.29, 0.717) is 11.0 Å². The predicted octanol–water partition coefficient (Wildman–Crippen LogP) is -0.00190. The fourth-order valence-electron chi connectivity index (χ4n) is 2.28. The van der Waals surface area contributed by atoms with Crippen LogP contribution in [0.3, 0.4) is 0 Å². The third-order valence-corrected chi connectivity index (χ3v) is 4.92. The fourth-order valence-corrected chi connectivity index (χ4v) is 4.56. The smallest absolute Gasteiger partial charge is 0.169 e. The molecule has 2 fully saturated rings. The van der Waals surface area contributed by atoms with Gasteiger partial charge in [-0.25, -0.2) is 8.42 Å². The summed E-state index contributed by atoms with van der Waals surface area (Å²) in [5, 5.41) is 3.82. The van der Waals surface area contributed by atoms with E-state index in [-0.39, 0.29) is 23.6 Å². The minimum absolute atomic E-state index is 0.0150. The minimum atomic E-state index is -2.86. The van der Waals surface area contributed by atoms with Crippen molar-refractivity contribution in [3.8, 4) is 0 Å². The summed E-state index contributed by atoms with van der Waals surface area (Å²) in [4.78, 5) is 2.04. The van der Waals surface area contributed by atoms with Gasteiger partial charge in [-0.3, -0.25) is 0 Å². The molecule has 2 heterocycles. The molecular weight excluding hydrogens is 232 g/mol. The zero-order chi connectivity index (χ0) is 11.2. The Morgan fingerprint density at radius 3 is 2.80 bits per heavy atom. The number of hydrogen-bond acceptors (Lipinski definition) is 3. The van der Waals surface area contributed by atoms with Gasteiger partial charge in [0.15, 0.2) is 14.9 Å². The lowest BCUT2D eigenvalue weighted by molar-refractivity contribution is 0.318. The Kier molecular flexibility index (Phi) is 2.66. The Morgan fingerprint density at radius 2 is 2.20 bits per heavy atom. The lowest BCUT2D eigenvalue weighted by Gasteiger charge is -2.24. The second kappa shape index (κ2) is 3.59. The van der Waals surface area contributed by atoms with Gasteiger partial charge >= 0.3 is 0 Å². The molecule has 1 N–H and O–H groups in total. The van der Waals surface area contributed by atoms with Gasteiger partial charge in [-0.2, -0.15) is 0 Å². The van der Waals surface area contributed by atoms with Crippen molar-refractivity contribution in [2.24, 2.45) is 5.92 Å². The van der Waals surface area contributed by atoms with Crippen molar-refractivity contribution < 1.29 is 8.42 Å². The predicted molar refractivity (Wildman–Crippen MR) is 63.5 cm³/mol. The molecule has 2 saturated heterocycles. The molecule has 86 valence electrons. The Hall–Kier alpha value is -0.360. The highest BCUT2D eigenvalue weighted by molar-refractivity contribution is 7.91. The van der Waals surface area contributed by atoms with Gasteiger partial charge in [0.1, 0.15) is 0 Å². The molecule has 0 spiro atoms. The molecule has 0 aromatic heterocycles. The summed E-state index contributed by atoms with van der Waals surface area (Å²) in [6, 6.07) is 0.0751. The van der Waals surface area contributed by atoms with Crippen LogP contribution in [-0.2, 0) is 9.84 Å². The van der Waals surface area contributed by atoms with Crippen LogP contribution in [0.2, 0.25) is 0 Å². The van der Waals surface area contributed by atoms with E-state index in [9.17, 15) is 8.42 Å². The van der Waals surface area contributed by atoms with E-state index in [1.54, 1.807) is 0 Å². The molecule has 0 saturated carbocycles. The van der Waals surface area contributed by atoms with E-state index in [2.05, 4.69) is 19.2 Å². The topological polar surface area (TPSA) is 49.4 Å². The van der Waals surface area contributed by atoms with Crippen LogP contribution in [0.25, 0.3) is 0 Å². The Bertz CT molecular complexity index is 378. The highest BCUT2D eigenvalue weighted by atomic mass is 32.2. The van der Waals surface area contributed by atoms with Crippen LogP contribution < -0.4 is 5.32 Å². The summed E-state index contributed by atoms with van der Waals surface area (Å²) in [5.41, 5.74) is 0. The molecule has 0 unspecified atom stereocenters. The summed E-state index contributed by atoms with van der Waals surface area (Å²) < 4.78 is 22.9. The normalized spacial score (nSPS) is 33.3. The number of nitrogens with zero attached hydrogens (tertiary/aromatic N) is 1. The Morgan fingerprint density at radius 1 is 1.53 bits per heavy atom. The quantitative estimate of drug-likeness (QED) is 0.697. The van der Waals surface area contributed by atoms with Crippen molar-refractivity contribution in [2.45, 2.75) is 25.9 Å². The van der Waals surface area contributed by atoms with Crippen molar-refractivity contribution in [3.05, 3.63) is 0 Å². The lowest BCUT2D eigenvalue weighted by Crippen LogP contribution is -2.39. The van der Waals surface area contributed by atoms with Crippen LogP contribution >= 0.6 is 12.2 Å². The maximum absolute atomic E-state index is 11.5. The number of hydrogen-bond donors (Lipinski definition) is 1. The molecule has 0 aromatic carbocycles. The molecule has 2 rings (SSSR count). The van der Waals surface area contributed by atoms with Gasteiger partial charge in [0.25, 0.3) is 0 Å². The van der Waals surface area contributed by atoms with Gasteiger partial charge in [0.05, 0.1) is 23.6 Å². The molecule has 0 aliphatic carbocycles. The molecule has 0 amide bonds. The molecule has 4 nitrogen and oxygen atoms in total. The lowest BCUT2D eigenvalue weighted by atomic mass is 10.1. The van der Waals surface area contributed by atoms with Gasteiger partial charge in [0.2, 0.25) is 0 Å². The highest BCUT2D eigenvalue weighted by Crippen LogP contribution is 2.24. The first kappa shape index (κ1) is 11.1. The first-order valence-corrected chi connectivity index (χ1v) is 7.39. The summed E-state index contributed by atoms with van der Waals surface area (Å²) in [6.07, 6.45) is 0. The number of nitrogens with one attached hydrogen (secondary N) is 1. The van der Waals surface area contributed by atoms with Crippen molar-refractivity contribution in [2.75, 3.05) is 18.1 Å². The standard InChI is InChI=1S/C9H16N2O2S2/c1-6(2)3-11-8-5-15(12,13)4-7(8)10-9(11)14/h6-8H,3-5H2,1-2H3,(H,10,14)/t7-,8-/m1/s1. The number of sulfone groups is 1. The maximum atomic E-state index is 11.5. The van der Waals surface area contributed by atoms with Crippen molar-refractivity contribution >= 4 is 27.2 Å². The van der Waals surface area contributed by atoms with Crippen LogP contribution in [-0.4, -0.2) is 48.6 Å². The van der Waals surface area contributed by atoms with Gasteiger partial charge in [0, 0.05) is 6.54 Å². The second-order valence-corrected chi connectivity index (χ2v) is 7.29. The minimum Gasteiger partial charge on any atom is -0.357 e. The maximum Gasteiger partial charge on any atom is 0.169 e.